The molecule has 0 aromatic heterocycles. The maximum atomic E-state index is 12.6. The highest BCUT2D eigenvalue weighted by molar-refractivity contribution is 6.35. The van der Waals surface area contributed by atoms with Crippen LogP contribution in [0.15, 0.2) is 48.5 Å². The Balaban J connectivity index is 2.18. The number of nitrogens with two attached hydrogens (primary N) is 2. The Kier molecular flexibility index (Phi) is 15.3. The third-order valence-corrected chi connectivity index (χ3v) is 7.43. The van der Waals surface area contributed by atoms with Gasteiger partial charge >= 0.3 is 35.6 Å². The molecule has 48 heavy (non-hydrogen) atoms. The molecule has 0 saturated heterocycles. The predicted molar refractivity (Wildman–Crippen MR) is 175 cm³/mol. The molecule has 2 aromatic carbocycles. The van der Waals surface area contributed by atoms with E-state index in [4.69, 9.17) is 30.4 Å². The number of para-hydroxylation sites is 2. The lowest BCUT2D eigenvalue weighted by Gasteiger charge is -2.31. The van der Waals surface area contributed by atoms with Crippen molar-refractivity contribution in [2.75, 3.05) is 40.5 Å². The summed E-state index contributed by atoms with van der Waals surface area (Å²) in [5.41, 5.74) is 11.9. The highest BCUT2D eigenvalue weighted by Crippen LogP contribution is 2.36. The van der Waals surface area contributed by atoms with E-state index in [-0.39, 0.29) is 51.0 Å². The van der Waals surface area contributed by atoms with Crippen molar-refractivity contribution >= 4 is 35.6 Å². The van der Waals surface area contributed by atoms with Gasteiger partial charge in [0.25, 0.3) is 0 Å². The molecule has 262 valence electrons. The second-order valence-electron chi connectivity index (χ2n) is 11.5. The van der Waals surface area contributed by atoms with Crippen LogP contribution in [0, 0.1) is 11.8 Å². The fraction of sp³-hybridized carbons (Fsp3) is 0.471. The molecule has 2 atom stereocenters. The van der Waals surface area contributed by atoms with Gasteiger partial charge in [0, 0.05) is 24.2 Å². The van der Waals surface area contributed by atoms with Gasteiger partial charge in [-0.05, 0) is 36.8 Å². The number of ether oxygens (including phenoxy) is 4. The highest BCUT2D eigenvalue weighted by atomic mass is 16.5. The van der Waals surface area contributed by atoms with Crippen molar-refractivity contribution < 1.29 is 47.7 Å². The van der Waals surface area contributed by atoms with E-state index in [9.17, 15) is 28.8 Å². The third kappa shape index (κ3) is 10.4. The minimum atomic E-state index is -1.18. The van der Waals surface area contributed by atoms with Crippen LogP contribution in [0.25, 0.3) is 11.1 Å². The maximum absolute atomic E-state index is 12.6. The van der Waals surface area contributed by atoms with Crippen LogP contribution >= 0.6 is 0 Å². The monoisotopic (exact) mass is 670 g/mol. The average Bonchev–Trinajstić information content (AvgIpc) is 3.06. The second-order valence-corrected chi connectivity index (χ2v) is 11.5. The zero-order valence-electron chi connectivity index (χ0n) is 28.3. The Bertz CT molecular complexity index is 1340. The lowest BCUT2D eigenvalue weighted by Crippen LogP contribution is -2.52. The normalized spacial score (nSPS) is 12.1. The molecule has 0 heterocycles. The summed E-state index contributed by atoms with van der Waals surface area (Å²) < 4.78 is 21.9. The van der Waals surface area contributed by atoms with Crippen molar-refractivity contribution in [1.29, 1.82) is 0 Å². The van der Waals surface area contributed by atoms with Crippen LogP contribution in [0.1, 0.15) is 40.5 Å². The minimum absolute atomic E-state index is 0.0184. The molecular formula is C34H46N4O10. The summed E-state index contributed by atoms with van der Waals surface area (Å²) >= 11 is 0. The van der Waals surface area contributed by atoms with Gasteiger partial charge in [-0.1, -0.05) is 64.1 Å². The molecule has 0 radical (unpaired) electrons. The molecule has 0 aliphatic heterocycles. The smallest absolute Gasteiger partial charge is 0.328 e. The summed E-state index contributed by atoms with van der Waals surface area (Å²) in [6.07, 6.45) is 0.546. The maximum Gasteiger partial charge on any atom is 0.328 e. The van der Waals surface area contributed by atoms with Crippen LogP contribution in [-0.2, 0) is 38.2 Å². The lowest BCUT2D eigenvalue weighted by molar-refractivity contribution is -0.157. The molecule has 0 unspecified atom stereocenters. The summed E-state index contributed by atoms with van der Waals surface area (Å²) in [6, 6.07) is 12.5. The van der Waals surface area contributed by atoms with Gasteiger partial charge in [0.1, 0.15) is 23.6 Å². The molecule has 2 aromatic rings. The number of amides is 4. The SMILES string of the molecule is COC(=O)[C@H](C(C)C)N(CCCOc1ccccc1-c1ccccc1OCCCN(C(=O)C(N)=O)[C@H](C(=O)OC)C(C)C)C(=O)C(N)=O. The first-order valence-corrected chi connectivity index (χ1v) is 15.6. The summed E-state index contributed by atoms with van der Waals surface area (Å²) in [5.74, 6) is -5.28. The van der Waals surface area contributed by atoms with E-state index in [0.717, 1.165) is 9.80 Å². The summed E-state index contributed by atoms with van der Waals surface area (Å²) in [7, 11) is 2.42. The standard InChI is InChI=1S/C34H46N4O10/c1-21(2)27(33(43)45-5)37(31(41)29(35)39)17-11-19-47-25-15-9-7-13-23(25)24-14-8-10-16-26(24)48-20-12-18-38(32(42)30(36)40)28(22(3)4)34(44)46-6/h7-10,13-16,21-22,27-28H,11-12,17-20H2,1-6H3,(H2,35,39)(H2,36,40)/t27-,28-/m0/s1. The summed E-state index contributed by atoms with van der Waals surface area (Å²) in [4.78, 5) is 75.7. The van der Waals surface area contributed by atoms with Crippen LogP contribution in [0.2, 0.25) is 0 Å². The first-order chi connectivity index (χ1) is 22.8. The van der Waals surface area contributed by atoms with Gasteiger partial charge in [-0.15, -0.1) is 0 Å². The summed E-state index contributed by atoms with van der Waals surface area (Å²) in [5, 5.41) is 0. The van der Waals surface area contributed by atoms with E-state index in [2.05, 4.69) is 0 Å². The Hall–Kier alpha value is -5.14. The van der Waals surface area contributed by atoms with E-state index >= 15 is 0 Å². The first kappa shape index (κ1) is 39.0. The number of carbonyl (C=O) groups is 6. The molecular weight excluding hydrogens is 624 g/mol. The van der Waals surface area contributed by atoms with Crippen molar-refractivity contribution in [3.63, 3.8) is 0 Å². The highest BCUT2D eigenvalue weighted by Gasteiger charge is 2.36. The summed E-state index contributed by atoms with van der Waals surface area (Å²) in [6.45, 7) is 7.24. The molecule has 14 nitrogen and oxygen atoms in total. The molecule has 0 aliphatic rings. The number of primary amides is 2. The first-order valence-electron chi connectivity index (χ1n) is 15.6. The molecule has 0 bridgehead atoms. The average molecular weight is 671 g/mol. The third-order valence-electron chi connectivity index (χ3n) is 7.43. The minimum Gasteiger partial charge on any atom is -0.493 e. The van der Waals surface area contributed by atoms with Crippen LogP contribution in [0.3, 0.4) is 0 Å². The van der Waals surface area contributed by atoms with Gasteiger partial charge in [-0.2, -0.15) is 0 Å². The van der Waals surface area contributed by atoms with Crippen LogP contribution in [0.4, 0.5) is 0 Å². The van der Waals surface area contributed by atoms with Gasteiger partial charge in [0.15, 0.2) is 0 Å². The van der Waals surface area contributed by atoms with Crippen molar-refractivity contribution in [2.24, 2.45) is 23.3 Å². The van der Waals surface area contributed by atoms with Crippen molar-refractivity contribution in [1.82, 2.24) is 9.80 Å². The second kappa shape index (κ2) is 18.9. The Morgan fingerprint density at radius 1 is 0.604 bits per heavy atom. The van der Waals surface area contributed by atoms with Crippen LogP contribution in [0.5, 0.6) is 11.5 Å². The van der Waals surface area contributed by atoms with E-state index in [0.29, 0.717) is 22.6 Å². The Labute approximate surface area is 280 Å². The van der Waals surface area contributed by atoms with Gasteiger partial charge < -0.3 is 40.2 Å². The Morgan fingerprint density at radius 2 is 0.938 bits per heavy atom. The fourth-order valence-electron chi connectivity index (χ4n) is 5.24. The lowest BCUT2D eigenvalue weighted by atomic mass is 10.0. The molecule has 14 heteroatoms. The van der Waals surface area contributed by atoms with Gasteiger partial charge in [-0.25, -0.2) is 9.59 Å². The number of benzene rings is 2. The molecule has 4 N–H and O–H groups in total. The van der Waals surface area contributed by atoms with E-state index in [1.165, 1.54) is 14.2 Å². The predicted octanol–water partition coefficient (Wildman–Crippen LogP) is 1.91. The molecule has 0 aliphatic carbocycles. The number of nitrogens with zero attached hydrogens (tertiary/aromatic N) is 2. The number of rotatable bonds is 17. The van der Waals surface area contributed by atoms with Gasteiger partial charge in [0.2, 0.25) is 0 Å². The number of methoxy groups -OCH3 is 2. The topological polar surface area (TPSA) is 198 Å². The number of carbonyl (C=O) groups excluding carboxylic acids is 6. The van der Waals surface area contributed by atoms with Gasteiger partial charge in [-0.3, -0.25) is 19.2 Å². The van der Waals surface area contributed by atoms with Crippen LogP contribution < -0.4 is 20.9 Å². The quantitative estimate of drug-likeness (QED) is 0.142. The zero-order valence-corrected chi connectivity index (χ0v) is 28.3. The molecule has 2 rings (SSSR count). The Morgan fingerprint density at radius 3 is 1.23 bits per heavy atom. The van der Waals surface area contributed by atoms with Crippen molar-refractivity contribution in [2.45, 2.75) is 52.6 Å². The molecule has 4 amide bonds. The van der Waals surface area contributed by atoms with Crippen molar-refractivity contribution in [3.05, 3.63) is 48.5 Å². The van der Waals surface area contributed by atoms with E-state index < -0.39 is 47.7 Å². The molecule has 0 saturated carbocycles. The van der Waals surface area contributed by atoms with Crippen LogP contribution in [-0.4, -0.2) is 98.0 Å². The van der Waals surface area contributed by atoms with Crippen molar-refractivity contribution in [3.8, 4) is 22.6 Å². The number of hydrogen-bond donors (Lipinski definition) is 2. The number of hydrogen-bond acceptors (Lipinski definition) is 10. The van der Waals surface area contributed by atoms with Gasteiger partial charge in [0.05, 0.1) is 27.4 Å². The molecule has 0 fully saturated rings. The zero-order chi connectivity index (χ0) is 36.0. The largest absolute Gasteiger partial charge is 0.493 e. The van der Waals surface area contributed by atoms with E-state index in [1.807, 2.05) is 24.3 Å². The van der Waals surface area contributed by atoms with E-state index in [1.54, 1.807) is 52.0 Å². The fourth-order valence-corrected chi connectivity index (χ4v) is 5.24. The number of esters is 2. The molecule has 0 spiro atoms.